The fourth-order valence-corrected chi connectivity index (χ4v) is 5.04. The van der Waals surface area contributed by atoms with Crippen molar-refractivity contribution in [2.45, 2.75) is 47.0 Å². The smallest absolute Gasteiger partial charge is 0.00384 e. The van der Waals surface area contributed by atoms with Crippen LogP contribution in [0.1, 0.15) is 47.0 Å². The molecule has 5 unspecified atom stereocenters. The lowest BCUT2D eigenvalue weighted by atomic mass is 9.62. The van der Waals surface area contributed by atoms with E-state index in [0.717, 1.165) is 23.5 Å². The number of fused-ring (bicyclic) bond motifs is 1. The quantitative estimate of drug-likeness (QED) is 0.624. The predicted molar refractivity (Wildman–Crippen MR) is 65.7 cm³/mol. The Labute approximate surface area is 94.3 Å². The summed E-state index contributed by atoms with van der Waals surface area (Å²) in [6.07, 6.45) is 4.27. The van der Waals surface area contributed by atoms with Crippen LogP contribution in [0.3, 0.4) is 0 Å². The molecule has 0 spiro atoms. The lowest BCUT2D eigenvalue weighted by molar-refractivity contribution is 0.0618. The molecular formula is C13H24S. The van der Waals surface area contributed by atoms with Crippen molar-refractivity contribution in [1.82, 2.24) is 0 Å². The molecule has 82 valence electrons. The Morgan fingerprint density at radius 1 is 1.29 bits per heavy atom. The van der Waals surface area contributed by atoms with Crippen LogP contribution in [-0.4, -0.2) is 5.75 Å². The summed E-state index contributed by atoms with van der Waals surface area (Å²) in [5.74, 6) is 3.87. The highest BCUT2D eigenvalue weighted by molar-refractivity contribution is 7.80. The lowest BCUT2D eigenvalue weighted by Crippen LogP contribution is -2.40. The summed E-state index contributed by atoms with van der Waals surface area (Å²) in [5.41, 5.74) is 1.05. The minimum Gasteiger partial charge on any atom is -0.179 e. The van der Waals surface area contributed by atoms with Crippen molar-refractivity contribution in [2.24, 2.45) is 28.6 Å². The zero-order valence-corrected chi connectivity index (χ0v) is 10.9. The third-order valence-corrected chi connectivity index (χ3v) is 6.56. The molecule has 0 bridgehead atoms. The lowest BCUT2D eigenvalue weighted by Gasteiger charge is -2.44. The molecule has 0 aromatic heterocycles. The van der Waals surface area contributed by atoms with Gasteiger partial charge >= 0.3 is 0 Å². The van der Waals surface area contributed by atoms with Gasteiger partial charge in [-0.2, -0.15) is 12.6 Å². The molecule has 2 rings (SSSR count). The van der Waals surface area contributed by atoms with Crippen LogP contribution >= 0.6 is 12.6 Å². The number of rotatable bonds is 1. The fraction of sp³-hybridized carbons (Fsp3) is 1.00. The molecule has 0 N–H and O–H groups in total. The van der Waals surface area contributed by atoms with Crippen LogP contribution in [0, 0.1) is 28.6 Å². The zero-order valence-electron chi connectivity index (χ0n) is 10.0. The molecule has 2 fully saturated rings. The first-order chi connectivity index (χ1) is 6.45. The maximum Gasteiger partial charge on any atom is -0.00384 e. The van der Waals surface area contributed by atoms with Crippen molar-refractivity contribution < 1.29 is 0 Å². The van der Waals surface area contributed by atoms with Gasteiger partial charge in [-0.05, 0) is 53.6 Å². The van der Waals surface area contributed by atoms with E-state index in [1.807, 2.05) is 0 Å². The zero-order chi connectivity index (χ0) is 10.6. The van der Waals surface area contributed by atoms with Crippen molar-refractivity contribution >= 4 is 12.6 Å². The third kappa shape index (κ3) is 1.08. The van der Waals surface area contributed by atoms with Crippen LogP contribution in [-0.2, 0) is 0 Å². The van der Waals surface area contributed by atoms with E-state index in [4.69, 9.17) is 0 Å². The second-order valence-corrected chi connectivity index (χ2v) is 6.58. The van der Waals surface area contributed by atoms with Gasteiger partial charge in [0.15, 0.2) is 0 Å². The highest BCUT2D eigenvalue weighted by Crippen LogP contribution is 2.67. The normalized spacial score (nSPS) is 57.6. The molecule has 0 aromatic carbocycles. The first kappa shape index (κ1) is 10.9. The standard InChI is InChI=1S/C13H24S/c1-9-7-10(2)13(4)11(9)5-6-12(13,3)8-14/h9-11,14H,5-8H2,1-4H3. The molecule has 5 atom stereocenters. The SMILES string of the molecule is CC1CC(C)C2(C)C1CCC2(C)CS. The predicted octanol–water partition coefficient (Wildman–Crippen LogP) is 4.01. The molecule has 0 heterocycles. The molecule has 2 aliphatic rings. The summed E-state index contributed by atoms with van der Waals surface area (Å²) in [4.78, 5) is 0. The Hall–Kier alpha value is 0.350. The van der Waals surface area contributed by atoms with Crippen LogP contribution in [0.2, 0.25) is 0 Å². The second-order valence-electron chi connectivity index (χ2n) is 6.26. The summed E-state index contributed by atoms with van der Waals surface area (Å²) in [6, 6.07) is 0. The average Bonchev–Trinajstić information content (AvgIpc) is 2.52. The second kappa shape index (κ2) is 3.17. The van der Waals surface area contributed by atoms with Gasteiger partial charge in [0.1, 0.15) is 0 Å². The van der Waals surface area contributed by atoms with Crippen LogP contribution in [0.5, 0.6) is 0 Å². The molecule has 0 aliphatic heterocycles. The molecule has 1 heteroatoms. The summed E-state index contributed by atoms with van der Waals surface area (Å²) in [7, 11) is 0. The van der Waals surface area contributed by atoms with E-state index >= 15 is 0 Å². The van der Waals surface area contributed by atoms with Crippen molar-refractivity contribution in [3.05, 3.63) is 0 Å². The van der Waals surface area contributed by atoms with Gasteiger partial charge in [0.2, 0.25) is 0 Å². The third-order valence-electron chi connectivity index (χ3n) is 5.86. The van der Waals surface area contributed by atoms with Gasteiger partial charge in [-0.15, -0.1) is 0 Å². The average molecular weight is 212 g/mol. The Morgan fingerprint density at radius 2 is 1.93 bits per heavy atom. The van der Waals surface area contributed by atoms with Crippen molar-refractivity contribution in [1.29, 1.82) is 0 Å². The topological polar surface area (TPSA) is 0 Å². The minimum atomic E-state index is 0.491. The maximum atomic E-state index is 4.61. The van der Waals surface area contributed by atoms with Crippen LogP contribution < -0.4 is 0 Å². The summed E-state index contributed by atoms with van der Waals surface area (Å²) < 4.78 is 0. The van der Waals surface area contributed by atoms with E-state index < -0.39 is 0 Å². The first-order valence-corrected chi connectivity index (χ1v) is 6.70. The molecule has 2 saturated carbocycles. The monoisotopic (exact) mass is 212 g/mol. The Balaban J connectivity index is 2.37. The highest BCUT2D eigenvalue weighted by atomic mass is 32.1. The van der Waals surface area contributed by atoms with Crippen molar-refractivity contribution in [3.63, 3.8) is 0 Å². The molecular weight excluding hydrogens is 188 g/mol. The van der Waals surface area contributed by atoms with Crippen LogP contribution in [0.15, 0.2) is 0 Å². The van der Waals surface area contributed by atoms with Gasteiger partial charge in [-0.1, -0.05) is 27.7 Å². The van der Waals surface area contributed by atoms with Gasteiger partial charge in [-0.25, -0.2) is 0 Å². The van der Waals surface area contributed by atoms with E-state index in [1.54, 1.807) is 0 Å². The molecule has 0 aromatic rings. The summed E-state index contributed by atoms with van der Waals surface area (Å²) >= 11 is 4.61. The number of hydrogen-bond donors (Lipinski definition) is 1. The molecule has 0 radical (unpaired) electrons. The van der Waals surface area contributed by atoms with Crippen molar-refractivity contribution in [3.8, 4) is 0 Å². The summed E-state index contributed by atoms with van der Waals surface area (Å²) in [6.45, 7) is 9.92. The molecule has 0 saturated heterocycles. The highest BCUT2D eigenvalue weighted by Gasteiger charge is 2.60. The van der Waals surface area contributed by atoms with E-state index in [9.17, 15) is 0 Å². The van der Waals surface area contributed by atoms with Crippen molar-refractivity contribution in [2.75, 3.05) is 5.75 Å². The van der Waals surface area contributed by atoms with Gasteiger partial charge in [0.05, 0.1) is 0 Å². The van der Waals surface area contributed by atoms with Gasteiger partial charge in [-0.3, -0.25) is 0 Å². The van der Waals surface area contributed by atoms with E-state index in [2.05, 4.69) is 40.3 Å². The van der Waals surface area contributed by atoms with Crippen LogP contribution in [0.4, 0.5) is 0 Å². The summed E-state index contributed by atoms with van der Waals surface area (Å²) in [5, 5.41) is 0. The number of hydrogen-bond acceptors (Lipinski definition) is 1. The molecule has 14 heavy (non-hydrogen) atoms. The van der Waals surface area contributed by atoms with E-state index in [-0.39, 0.29) is 0 Å². The van der Waals surface area contributed by atoms with E-state index in [0.29, 0.717) is 10.8 Å². The first-order valence-electron chi connectivity index (χ1n) is 6.06. The van der Waals surface area contributed by atoms with Gasteiger partial charge in [0.25, 0.3) is 0 Å². The molecule has 2 aliphatic carbocycles. The van der Waals surface area contributed by atoms with E-state index in [1.165, 1.54) is 19.3 Å². The maximum absolute atomic E-state index is 4.61. The van der Waals surface area contributed by atoms with Gasteiger partial charge < -0.3 is 0 Å². The minimum absolute atomic E-state index is 0.491. The Kier molecular flexibility index (Phi) is 2.46. The Morgan fingerprint density at radius 3 is 2.50 bits per heavy atom. The fourth-order valence-electron chi connectivity index (χ4n) is 4.54. The largest absolute Gasteiger partial charge is 0.179 e. The Bertz CT molecular complexity index is 237. The van der Waals surface area contributed by atoms with Crippen LogP contribution in [0.25, 0.3) is 0 Å². The number of thiol groups is 1. The van der Waals surface area contributed by atoms with Gasteiger partial charge in [0, 0.05) is 0 Å². The molecule has 0 amide bonds. The molecule has 0 nitrogen and oxygen atoms in total.